The average Bonchev–Trinajstić information content (AvgIpc) is 3.43. The van der Waals surface area contributed by atoms with Crippen LogP contribution < -0.4 is 0 Å². The molecule has 244 valence electrons. The molecule has 0 N–H and O–H groups in total. The number of cyclic esters (lactones) is 1. The van der Waals surface area contributed by atoms with Gasteiger partial charge in [-0.25, -0.2) is 9.59 Å². The van der Waals surface area contributed by atoms with Crippen molar-refractivity contribution in [2.75, 3.05) is 7.11 Å². The van der Waals surface area contributed by atoms with Gasteiger partial charge in [0.15, 0.2) is 0 Å². The summed E-state index contributed by atoms with van der Waals surface area (Å²) in [4.78, 5) is 67.4. The normalized spacial score (nSPS) is 41.8. The van der Waals surface area contributed by atoms with Crippen LogP contribution in [0.1, 0.15) is 79.4 Å². The molecule has 0 radical (unpaired) electrons. The van der Waals surface area contributed by atoms with Crippen LogP contribution in [0, 0.1) is 39.9 Å². The Hall–Kier alpha value is -3.47. The van der Waals surface area contributed by atoms with Gasteiger partial charge in [-0.1, -0.05) is 33.8 Å². The van der Waals surface area contributed by atoms with Crippen molar-refractivity contribution in [1.29, 1.82) is 0 Å². The highest BCUT2D eigenvalue weighted by atomic mass is 16.6. The Kier molecular flexibility index (Phi) is 7.19. The largest absolute Gasteiger partial charge is 0.472 e. The number of ketones is 1. The SMILES string of the molecule is C/C=C(/C)C(=O)O[C@@H]1[C@@H]2C(=O)[C@](C)([C@H]3CC[C@]4(C)[C@@H](CC(=O)O[C@H]4c4ccoc4)[C@]34O[C@H]24)[C@@H]([C@@H](OC(C)=O)C(=O)OC)C1(C)C. The maximum atomic E-state index is 14.9. The molecule has 11 nitrogen and oxygen atoms in total. The first-order valence-electron chi connectivity index (χ1n) is 15.6. The predicted molar refractivity (Wildman–Crippen MR) is 155 cm³/mol. The van der Waals surface area contributed by atoms with Gasteiger partial charge in [-0.3, -0.25) is 14.4 Å². The lowest BCUT2D eigenvalue weighted by Crippen LogP contribution is -2.74. The van der Waals surface area contributed by atoms with Gasteiger partial charge in [-0.15, -0.1) is 0 Å². The number of fused-ring (bicyclic) bond motifs is 5. The second kappa shape index (κ2) is 10.3. The maximum Gasteiger partial charge on any atom is 0.347 e. The Labute approximate surface area is 262 Å². The van der Waals surface area contributed by atoms with E-state index in [0.717, 1.165) is 5.56 Å². The molecule has 0 unspecified atom stereocenters. The predicted octanol–water partition coefficient (Wildman–Crippen LogP) is 4.28. The summed E-state index contributed by atoms with van der Waals surface area (Å²) in [6.45, 7) is 12.1. The number of rotatable bonds is 6. The van der Waals surface area contributed by atoms with Gasteiger partial charge in [0.05, 0.1) is 32.0 Å². The van der Waals surface area contributed by atoms with Crippen LogP contribution in [0.5, 0.6) is 0 Å². The standard InChI is InChI=1S/C34H42O11/c1-9-16(2)29(38)44-27-22-25(37)33(7,24(31(27,4)5)23(30(39)40-8)42-17(3)35)19-10-12-32(6)20(34(19)28(22)45-34)14-21(36)43-26(32)18-11-13-41-15-18/h9,11,13,15,19-20,22-24,26-28H,10,12,14H2,1-8H3/b16-9-/t19-,20-,22+,23-,24+,26+,27-,28-,32-,33-,34-/m1/s1. The van der Waals surface area contributed by atoms with Crippen LogP contribution in [0.2, 0.25) is 0 Å². The van der Waals surface area contributed by atoms with Gasteiger partial charge < -0.3 is 28.1 Å². The van der Waals surface area contributed by atoms with Crippen molar-refractivity contribution in [2.45, 2.75) is 97.7 Å². The van der Waals surface area contributed by atoms with Crippen molar-refractivity contribution in [3.63, 3.8) is 0 Å². The minimum atomic E-state index is -1.46. The number of carbonyl (C=O) groups is 5. The molecular weight excluding hydrogens is 584 g/mol. The van der Waals surface area contributed by atoms with Crippen LogP contribution in [0.3, 0.4) is 0 Å². The number of furan rings is 1. The molecule has 5 aliphatic rings. The van der Waals surface area contributed by atoms with E-state index in [4.69, 9.17) is 28.1 Å². The molecule has 5 fully saturated rings. The summed E-state index contributed by atoms with van der Waals surface area (Å²) in [5, 5.41) is 0. The molecule has 2 aliphatic heterocycles. The number of hydrogen-bond acceptors (Lipinski definition) is 11. The molecule has 2 saturated heterocycles. The molecule has 1 aromatic heterocycles. The number of hydrogen-bond donors (Lipinski definition) is 0. The fourth-order valence-corrected chi connectivity index (χ4v) is 10.1. The Morgan fingerprint density at radius 1 is 1.09 bits per heavy atom. The van der Waals surface area contributed by atoms with Gasteiger partial charge in [-0.05, 0) is 32.8 Å². The van der Waals surface area contributed by atoms with Crippen molar-refractivity contribution in [3.8, 4) is 0 Å². The van der Waals surface area contributed by atoms with E-state index in [1.165, 1.54) is 14.0 Å². The first kappa shape index (κ1) is 31.5. The molecule has 6 rings (SSSR count). The van der Waals surface area contributed by atoms with Crippen LogP contribution >= 0.6 is 0 Å². The van der Waals surface area contributed by atoms with Gasteiger partial charge in [0, 0.05) is 52.1 Å². The summed E-state index contributed by atoms with van der Waals surface area (Å²) in [6.07, 6.45) is 2.24. The average molecular weight is 627 g/mol. The molecule has 3 heterocycles. The number of esters is 4. The highest BCUT2D eigenvalue weighted by molar-refractivity contribution is 5.95. The molecule has 0 amide bonds. The van der Waals surface area contributed by atoms with E-state index in [-0.39, 0.29) is 24.1 Å². The number of ether oxygens (including phenoxy) is 5. The van der Waals surface area contributed by atoms with E-state index < -0.39 is 81.9 Å². The molecule has 11 atom stereocenters. The van der Waals surface area contributed by atoms with Crippen molar-refractivity contribution in [2.24, 2.45) is 39.9 Å². The van der Waals surface area contributed by atoms with E-state index in [2.05, 4.69) is 6.92 Å². The Morgan fingerprint density at radius 2 is 1.80 bits per heavy atom. The lowest BCUT2D eigenvalue weighted by Gasteiger charge is -2.65. The number of methoxy groups -OCH3 is 1. The second-order valence-electron chi connectivity index (χ2n) is 14.5. The Bertz CT molecular complexity index is 1470. The van der Waals surface area contributed by atoms with Crippen LogP contribution in [0.15, 0.2) is 34.7 Å². The third-order valence-electron chi connectivity index (χ3n) is 12.0. The number of carbonyl (C=O) groups excluding carboxylic acids is 5. The molecule has 3 saturated carbocycles. The van der Waals surface area contributed by atoms with Crippen molar-refractivity contribution in [3.05, 3.63) is 35.8 Å². The number of epoxide rings is 1. The zero-order valence-electron chi connectivity index (χ0n) is 27.0. The lowest BCUT2D eigenvalue weighted by molar-refractivity contribution is -0.234. The molecular formula is C34H42O11. The van der Waals surface area contributed by atoms with Gasteiger partial charge >= 0.3 is 23.9 Å². The van der Waals surface area contributed by atoms with E-state index in [9.17, 15) is 24.0 Å². The fraction of sp³-hybridized carbons (Fsp3) is 0.676. The smallest absolute Gasteiger partial charge is 0.347 e. The Balaban J connectivity index is 1.54. The minimum Gasteiger partial charge on any atom is -0.472 e. The van der Waals surface area contributed by atoms with Gasteiger partial charge in [0.25, 0.3) is 0 Å². The van der Waals surface area contributed by atoms with Crippen molar-refractivity contribution < 1.29 is 52.1 Å². The summed E-state index contributed by atoms with van der Waals surface area (Å²) in [7, 11) is 1.20. The first-order valence-corrected chi connectivity index (χ1v) is 15.6. The minimum absolute atomic E-state index is 0.0788. The van der Waals surface area contributed by atoms with Gasteiger partial charge in [0.2, 0.25) is 6.10 Å². The van der Waals surface area contributed by atoms with Crippen LogP contribution in [0.25, 0.3) is 0 Å². The van der Waals surface area contributed by atoms with E-state index in [0.29, 0.717) is 18.4 Å². The lowest BCUT2D eigenvalue weighted by atomic mass is 9.37. The first-order chi connectivity index (χ1) is 21.1. The van der Waals surface area contributed by atoms with Gasteiger partial charge in [-0.2, -0.15) is 0 Å². The third kappa shape index (κ3) is 4.14. The quantitative estimate of drug-likeness (QED) is 0.193. The third-order valence-corrected chi connectivity index (χ3v) is 12.0. The molecule has 2 bridgehead atoms. The molecule has 1 spiro atoms. The van der Waals surface area contributed by atoms with E-state index >= 15 is 0 Å². The summed E-state index contributed by atoms with van der Waals surface area (Å²) in [5.41, 5.74) is -2.75. The molecule has 45 heavy (non-hydrogen) atoms. The van der Waals surface area contributed by atoms with Crippen LogP contribution in [-0.4, -0.2) is 60.7 Å². The fourth-order valence-electron chi connectivity index (χ4n) is 10.1. The van der Waals surface area contributed by atoms with Crippen LogP contribution in [0.4, 0.5) is 0 Å². The van der Waals surface area contributed by atoms with E-state index in [1.807, 2.05) is 20.8 Å². The maximum absolute atomic E-state index is 14.9. The summed E-state index contributed by atoms with van der Waals surface area (Å²) < 4.78 is 35.1. The summed E-state index contributed by atoms with van der Waals surface area (Å²) in [5.74, 6) is -5.33. The monoisotopic (exact) mass is 626 g/mol. The zero-order valence-corrected chi connectivity index (χ0v) is 27.0. The molecule has 1 aromatic rings. The molecule has 11 heteroatoms. The summed E-state index contributed by atoms with van der Waals surface area (Å²) in [6, 6.07) is 1.79. The van der Waals surface area contributed by atoms with Crippen LogP contribution in [-0.2, 0) is 47.7 Å². The molecule has 0 aromatic carbocycles. The Morgan fingerprint density at radius 3 is 2.40 bits per heavy atom. The van der Waals surface area contributed by atoms with E-state index in [1.54, 1.807) is 38.5 Å². The number of allylic oxidation sites excluding steroid dienone is 1. The molecule has 3 aliphatic carbocycles. The zero-order chi connectivity index (χ0) is 32.9. The summed E-state index contributed by atoms with van der Waals surface area (Å²) >= 11 is 0. The highest BCUT2D eigenvalue weighted by Gasteiger charge is 2.87. The second-order valence-corrected chi connectivity index (χ2v) is 14.5. The number of Topliss-reactive ketones (excluding diaryl/α,β-unsaturated/α-hetero) is 1. The van der Waals surface area contributed by atoms with Crippen molar-refractivity contribution >= 4 is 29.7 Å². The van der Waals surface area contributed by atoms with Crippen molar-refractivity contribution in [1.82, 2.24) is 0 Å². The topological polar surface area (TPSA) is 148 Å². The highest BCUT2D eigenvalue weighted by Crippen LogP contribution is 2.77. The van der Waals surface area contributed by atoms with Gasteiger partial charge in [0.1, 0.15) is 29.7 Å².